The first-order valence-corrected chi connectivity index (χ1v) is 11.4. The summed E-state index contributed by atoms with van der Waals surface area (Å²) in [6.45, 7) is 4.19. The maximum absolute atomic E-state index is 12.1. The lowest BCUT2D eigenvalue weighted by molar-refractivity contribution is -0.136. The molecule has 0 saturated carbocycles. The molecule has 1 atom stereocenters. The lowest BCUT2D eigenvalue weighted by Gasteiger charge is -2.14. The number of amides is 3. The summed E-state index contributed by atoms with van der Waals surface area (Å²) in [5.74, 6) is -0.811. The van der Waals surface area contributed by atoms with Crippen molar-refractivity contribution in [1.82, 2.24) is 10.7 Å². The highest BCUT2D eigenvalue weighted by Crippen LogP contribution is 2.16. The topological polar surface area (TPSA) is 118 Å². The zero-order valence-electron chi connectivity index (χ0n) is 20.1. The van der Waals surface area contributed by atoms with Gasteiger partial charge in [-0.15, -0.1) is 0 Å². The van der Waals surface area contributed by atoms with Gasteiger partial charge in [-0.2, -0.15) is 5.10 Å². The Morgan fingerprint density at radius 3 is 2.17 bits per heavy atom. The number of benzene rings is 3. The molecular weight excluding hydrogens is 460 g/mol. The van der Waals surface area contributed by atoms with Gasteiger partial charge in [0.05, 0.1) is 18.9 Å². The molecule has 0 heterocycles. The second-order valence-corrected chi connectivity index (χ2v) is 7.67. The van der Waals surface area contributed by atoms with E-state index in [1.54, 1.807) is 48.5 Å². The smallest absolute Gasteiger partial charge is 0.329 e. The van der Waals surface area contributed by atoms with Crippen LogP contribution >= 0.6 is 0 Å². The van der Waals surface area contributed by atoms with Crippen molar-refractivity contribution < 1.29 is 23.9 Å². The Labute approximate surface area is 209 Å². The monoisotopic (exact) mass is 488 g/mol. The number of rotatable bonds is 10. The van der Waals surface area contributed by atoms with E-state index in [1.807, 2.05) is 44.2 Å². The van der Waals surface area contributed by atoms with Gasteiger partial charge in [-0.25, -0.2) is 5.43 Å². The SMILES string of the molecule is CCOc1ccc(NC(=O)C(=O)N/N=C\c2ccc(OCC(=O)N[C@@H](C)c3ccccc3)cc2)cc1. The molecule has 3 rings (SSSR count). The predicted molar refractivity (Wildman–Crippen MR) is 137 cm³/mol. The maximum Gasteiger partial charge on any atom is 0.329 e. The lowest BCUT2D eigenvalue weighted by Crippen LogP contribution is -2.32. The molecule has 3 amide bonds. The van der Waals surface area contributed by atoms with Gasteiger partial charge in [0.15, 0.2) is 6.61 Å². The van der Waals surface area contributed by atoms with Crippen LogP contribution in [0.25, 0.3) is 0 Å². The molecule has 0 aliphatic heterocycles. The molecule has 3 aromatic carbocycles. The molecule has 0 radical (unpaired) electrons. The van der Waals surface area contributed by atoms with E-state index in [1.165, 1.54) is 6.21 Å². The van der Waals surface area contributed by atoms with Gasteiger partial charge in [-0.1, -0.05) is 30.3 Å². The highest BCUT2D eigenvalue weighted by atomic mass is 16.5. The Balaban J connectivity index is 1.40. The molecular formula is C27H28N4O5. The molecule has 0 spiro atoms. The Hall–Kier alpha value is -4.66. The molecule has 0 unspecified atom stereocenters. The summed E-state index contributed by atoms with van der Waals surface area (Å²) in [6, 6.07) is 23.0. The Kier molecular flexibility index (Phi) is 9.58. The summed E-state index contributed by atoms with van der Waals surface area (Å²) in [5.41, 5.74) is 4.31. The molecule has 9 nitrogen and oxygen atoms in total. The molecule has 0 aromatic heterocycles. The first-order chi connectivity index (χ1) is 17.4. The number of hydrazone groups is 1. The number of hydrogen-bond acceptors (Lipinski definition) is 6. The molecule has 0 bridgehead atoms. The van der Waals surface area contributed by atoms with E-state index >= 15 is 0 Å². The maximum atomic E-state index is 12.1. The average Bonchev–Trinajstić information content (AvgIpc) is 2.90. The fraction of sp³-hybridized carbons (Fsp3) is 0.185. The number of anilines is 1. The lowest BCUT2D eigenvalue weighted by atomic mass is 10.1. The summed E-state index contributed by atoms with van der Waals surface area (Å²) in [6.07, 6.45) is 1.39. The molecule has 3 aromatic rings. The minimum Gasteiger partial charge on any atom is -0.494 e. The zero-order chi connectivity index (χ0) is 25.8. The van der Waals surface area contributed by atoms with Crippen molar-refractivity contribution in [2.24, 2.45) is 5.10 Å². The van der Waals surface area contributed by atoms with Crippen LogP contribution in [-0.2, 0) is 14.4 Å². The molecule has 3 N–H and O–H groups in total. The summed E-state index contributed by atoms with van der Waals surface area (Å²) >= 11 is 0. The third-order valence-corrected chi connectivity index (χ3v) is 4.94. The van der Waals surface area contributed by atoms with Crippen molar-refractivity contribution in [2.45, 2.75) is 19.9 Å². The van der Waals surface area contributed by atoms with E-state index < -0.39 is 11.8 Å². The third kappa shape index (κ3) is 8.28. The minimum absolute atomic E-state index is 0.121. The van der Waals surface area contributed by atoms with Gasteiger partial charge in [-0.05, 0) is 73.5 Å². The summed E-state index contributed by atoms with van der Waals surface area (Å²) in [7, 11) is 0. The minimum atomic E-state index is -0.907. The normalized spacial score (nSPS) is 11.4. The molecule has 9 heteroatoms. The van der Waals surface area contributed by atoms with Crippen molar-refractivity contribution in [2.75, 3.05) is 18.5 Å². The van der Waals surface area contributed by atoms with Crippen LogP contribution in [0, 0.1) is 0 Å². The molecule has 186 valence electrons. The van der Waals surface area contributed by atoms with Crippen LogP contribution in [0.1, 0.15) is 31.0 Å². The van der Waals surface area contributed by atoms with E-state index in [0.29, 0.717) is 29.4 Å². The van der Waals surface area contributed by atoms with Crippen molar-refractivity contribution >= 4 is 29.6 Å². The highest BCUT2D eigenvalue weighted by molar-refractivity contribution is 6.39. The van der Waals surface area contributed by atoms with Gasteiger partial charge >= 0.3 is 11.8 Å². The Morgan fingerprint density at radius 1 is 0.861 bits per heavy atom. The van der Waals surface area contributed by atoms with Crippen LogP contribution in [0.2, 0.25) is 0 Å². The molecule has 0 aliphatic carbocycles. The van der Waals surface area contributed by atoms with E-state index in [-0.39, 0.29) is 18.6 Å². The van der Waals surface area contributed by atoms with Crippen LogP contribution in [0.4, 0.5) is 5.69 Å². The number of carbonyl (C=O) groups excluding carboxylic acids is 3. The van der Waals surface area contributed by atoms with Crippen LogP contribution in [0.5, 0.6) is 11.5 Å². The third-order valence-electron chi connectivity index (χ3n) is 4.94. The van der Waals surface area contributed by atoms with Gasteiger partial charge in [0, 0.05) is 5.69 Å². The largest absolute Gasteiger partial charge is 0.494 e. The molecule has 36 heavy (non-hydrogen) atoms. The van der Waals surface area contributed by atoms with Gasteiger partial charge in [0.25, 0.3) is 5.91 Å². The number of carbonyl (C=O) groups is 3. The van der Waals surface area contributed by atoms with E-state index in [0.717, 1.165) is 5.56 Å². The van der Waals surface area contributed by atoms with Crippen molar-refractivity contribution in [3.63, 3.8) is 0 Å². The van der Waals surface area contributed by atoms with E-state index in [9.17, 15) is 14.4 Å². The van der Waals surface area contributed by atoms with E-state index in [4.69, 9.17) is 9.47 Å². The number of nitrogens with one attached hydrogen (secondary N) is 3. The zero-order valence-corrected chi connectivity index (χ0v) is 20.1. The first kappa shape index (κ1) is 26.0. The predicted octanol–water partition coefficient (Wildman–Crippen LogP) is 3.43. The number of hydrogen-bond donors (Lipinski definition) is 3. The van der Waals surface area contributed by atoms with Gasteiger partial charge < -0.3 is 20.1 Å². The fourth-order valence-electron chi connectivity index (χ4n) is 3.11. The fourth-order valence-corrected chi connectivity index (χ4v) is 3.11. The van der Waals surface area contributed by atoms with E-state index in [2.05, 4.69) is 21.2 Å². The highest BCUT2D eigenvalue weighted by Gasteiger charge is 2.13. The summed E-state index contributed by atoms with van der Waals surface area (Å²) in [5, 5.41) is 9.16. The quantitative estimate of drug-likeness (QED) is 0.230. The summed E-state index contributed by atoms with van der Waals surface area (Å²) < 4.78 is 10.9. The summed E-state index contributed by atoms with van der Waals surface area (Å²) in [4.78, 5) is 36.1. The van der Waals surface area contributed by atoms with Crippen LogP contribution < -0.4 is 25.5 Å². The molecule has 0 fully saturated rings. The van der Waals surface area contributed by atoms with Gasteiger partial charge in [-0.3, -0.25) is 14.4 Å². The first-order valence-electron chi connectivity index (χ1n) is 11.4. The van der Waals surface area contributed by atoms with Crippen molar-refractivity contribution in [3.05, 3.63) is 90.0 Å². The Morgan fingerprint density at radius 2 is 1.50 bits per heavy atom. The number of nitrogens with zero attached hydrogens (tertiary/aromatic N) is 1. The van der Waals surface area contributed by atoms with Crippen molar-refractivity contribution in [3.8, 4) is 11.5 Å². The van der Waals surface area contributed by atoms with Gasteiger partial charge in [0.1, 0.15) is 11.5 Å². The molecule has 0 saturated heterocycles. The Bertz CT molecular complexity index is 1180. The average molecular weight is 489 g/mol. The van der Waals surface area contributed by atoms with Crippen molar-refractivity contribution in [1.29, 1.82) is 0 Å². The number of ether oxygens (including phenoxy) is 2. The van der Waals surface area contributed by atoms with Gasteiger partial charge in [0.2, 0.25) is 0 Å². The standard InChI is InChI=1S/C27H28N4O5/c1-3-35-23-15-11-22(12-16-23)30-26(33)27(34)31-28-17-20-9-13-24(14-10-20)36-18-25(32)29-19(2)21-7-5-4-6-8-21/h4-17,19H,3,18H2,1-2H3,(H,29,32)(H,30,33)(H,31,34)/b28-17-/t19-/m0/s1. The van der Waals surface area contributed by atoms with Crippen LogP contribution in [0.15, 0.2) is 84.0 Å². The van der Waals surface area contributed by atoms with Crippen LogP contribution in [0.3, 0.4) is 0 Å². The molecule has 0 aliphatic rings. The second-order valence-electron chi connectivity index (χ2n) is 7.67. The second kappa shape index (κ2) is 13.3. The van der Waals surface area contributed by atoms with Crippen LogP contribution in [-0.4, -0.2) is 37.1 Å².